The van der Waals surface area contributed by atoms with Crippen molar-refractivity contribution in [1.82, 2.24) is 5.32 Å². The van der Waals surface area contributed by atoms with E-state index in [1.165, 1.54) is 6.26 Å². The second kappa shape index (κ2) is 6.02. The first kappa shape index (κ1) is 15.0. The molecular formula is C6H16Cl2N2OS. The smallest absolute Gasteiger partial charge is 0.0415 e. The SMILES string of the molecule is CS(=N)(=O)CC1CCNC1.Cl.Cl. The Morgan fingerprint density at radius 1 is 1.58 bits per heavy atom. The lowest BCUT2D eigenvalue weighted by molar-refractivity contribution is 0.629. The van der Waals surface area contributed by atoms with Crippen LogP contribution in [0.5, 0.6) is 0 Å². The highest BCUT2D eigenvalue weighted by Gasteiger charge is 2.16. The minimum Gasteiger partial charge on any atom is -0.316 e. The van der Waals surface area contributed by atoms with Crippen LogP contribution in [0.4, 0.5) is 0 Å². The van der Waals surface area contributed by atoms with E-state index in [1.807, 2.05) is 0 Å². The first-order valence-corrected chi connectivity index (χ1v) is 5.63. The second-order valence-corrected chi connectivity index (χ2v) is 5.37. The van der Waals surface area contributed by atoms with Gasteiger partial charge >= 0.3 is 0 Å². The van der Waals surface area contributed by atoms with Gasteiger partial charge in [-0.3, -0.25) is 8.99 Å². The fourth-order valence-corrected chi connectivity index (χ4v) is 2.49. The Kier molecular flexibility index (Phi) is 7.52. The third-order valence-corrected chi connectivity index (χ3v) is 2.82. The molecule has 1 fully saturated rings. The zero-order valence-corrected chi connectivity index (χ0v) is 9.49. The Morgan fingerprint density at radius 2 is 2.17 bits per heavy atom. The topological polar surface area (TPSA) is 53.0 Å². The van der Waals surface area contributed by atoms with Gasteiger partial charge in [-0.2, -0.15) is 0 Å². The maximum Gasteiger partial charge on any atom is 0.0415 e. The van der Waals surface area contributed by atoms with Gasteiger partial charge in [0.2, 0.25) is 0 Å². The van der Waals surface area contributed by atoms with E-state index >= 15 is 0 Å². The molecule has 0 aliphatic carbocycles. The molecule has 1 aliphatic heterocycles. The number of hydrogen-bond acceptors (Lipinski definition) is 3. The summed E-state index contributed by atoms with van der Waals surface area (Å²) in [6, 6.07) is 0. The van der Waals surface area contributed by atoms with Gasteiger partial charge in [-0.1, -0.05) is 0 Å². The van der Waals surface area contributed by atoms with Crippen LogP contribution in [0.3, 0.4) is 0 Å². The van der Waals surface area contributed by atoms with Crippen molar-refractivity contribution in [3.05, 3.63) is 0 Å². The summed E-state index contributed by atoms with van der Waals surface area (Å²) in [4.78, 5) is 0. The van der Waals surface area contributed by atoms with Crippen LogP contribution >= 0.6 is 24.8 Å². The number of rotatable bonds is 2. The molecule has 3 nitrogen and oxygen atoms in total. The van der Waals surface area contributed by atoms with Crippen molar-refractivity contribution in [1.29, 1.82) is 4.78 Å². The van der Waals surface area contributed by atoms with Crippen LogP contribution in [0, 0.1) is 10.7 Å². The average Bonchev–Trinajstić information content (AvgIpc) is 2.12. The van der Waals surface area contributed by atoms with Crippen molar-refractivity contribution in [2.24, 2.45) is 5.92 Å². The zero-order chi connectivity index (χ0) is 7.61. The predicted octanol–water partition coefficient (Wildman–Crippen LogP) is 1.12. The first-order chi connectivity index (χ1) is 4.58. The third-order valence-electron chi connectivity index (χ3n) is 1.72. The van der Waals surface area contributed by atoms with Crippen LogP contribution in [-0.4, -0.2) is 29.3 Å². The lowest BCUT2D eigenvalue weighted by atomic mass is 10.2. The van der Waals surface area contributed by atoms with Crippen LogP contribution < -0.4 is 5.32 Å². The summed E-state index contributed by atoms with van der Waals surface area (Å²) in [6.07, 6.45) is 2.61. The van der Waals surface area contributed by atoms with E-state index in [9.17, 15) is 4.21 Å². The summed E-state index contributed by atoms with van der Waals surface area (Å²) in [5.74, 6) is 1.05. The van der Waals surface area contributed by atoms with Crippen LogP contribution in [0.25, 0.3) is 0 Å². The molecule has 76 valence electrons. The molecule has 1 saturated heterocycles. The van der Waals surface area contributed by atoms with Crippen LogP contribution in [-0.2, 0) is 9.73 Å². The van der Waals surface area contributed by atoms with Crippen LogP contribution in [0.15, 0.2) is 0 Å². The Balaban J connectivity index is 0. The zero-order valence-electron chi connectivity index (χ0n) is 7.04. The van der Waals surface area contributed by atoms with E-state index in [0.717, 1.165) is 19.5 Å². The molecule has 1 heterocycles. The molecule has 1 rings (SSSR count). The van der Waals surface area contributed by atoms with Gasteiger partial charge < -0.3 is 5.32 Å². The van der Waals surface area contributed by atoms with Gasteiger partial charge in [0.1, 0.15) is 0 Å². The summed E-state index contributed by atoms with van der Waals surface area (Å²) < 4.78 is 18.2. The minimum absolute atomic E-state index is 0. The molecule has 0 spiro atoms. The largest absolute Gasteiger partial charge is 0.316 e. The van der Waals surface area contributed by atoms with Crippen molar-refractivity contribution in [2.75, 3.05) is 25.1 Å². The van der Waals surface area contributed by atoms with Crippen molar-refractivity contribution in [3.63, 3.8) is 0 Å². The van der Waals surface area contributed by atoms with Gasteiger partial charge in [0.15, 0.2) is 0 Å². The molecule has 0 saturated carbocycles. The maximum atomic E-state index is 11.0. The molecule has 6 heteroatoms. The molecule has 0 aromatic heterocycles. The summed E-state index contributed by atoms with van der Waals surface area (Å²) in [7, 11) is -2.25. The highest BCUT2D eigenvalue weighted by Crippen LogP contribution is 2.09. The highest BCUT2D eigenvalue weighted by molar-refractivity contribution is 7.91. The monoisotopic (exact) mass is 234 g/mol. The summed E-state index contributed by atoms with van der Waals surface area (Å²) in [5, 5.41) is 3.19. The normalized spacial score (nSPS) is 26.6. The summed E-state index contributed by atoms with van der Waals surface area (Å²) in [5.41, 5.74) is 0. The summed E-state index contributed by atoms with van der Waals surface area (Å²) in [6.45, 7) is 1.98. The van der Waals surface area contributed by atoms with Crippen molar-refractivity contribution in [3.8, 4) is 0 Å². The van der Waals surface area contributed by atoms with Crippen molar-refractivity contribution >= 4 is 34.5 Å². The number of hydrogen-bond donors (Lipinski definition) is 2. The highest BCUT2D eigenvalue weighted by atomic mass is 35.5. The van der Waals surface area contributed by atoms with E-state index in [0.29, 0.717) is 11.7 Å². The van der Waals surface area contributed by atoms with E-state index in [4.69, 9.17) is 4.78 Å². The second-order valence-electron chi connectivity index (χ2n) is 3.03. The van der Waals surface area contributed by atoms with Gasteiger partial charge in [0, 0.05) is 21.7 Å². The molecule has 0 bridgehead atoms. The van der Waals surface area contributed by atoms with Crippen molar-refractivity contribution in [2.45, 2.75) is 6.42 Å². The van der Waals surface area contributed by atoms with E-state index in [2.05, 4.69) is 5.32 Å². The van der Waals surface area contributed by atoms with Gasteiger partial charge in [0.25, 0.3) is 0 Å². The molecule has 2 unspecified atom stereocenters. The Morgan fingerprint density at radius 3 is 2.50 bits per heavy atom. The Bertz CT molecular complexity index is 200. The number of nitrogens with one attached hydrogen (secondary N) is 2. The summed E-state index contributed by atoms with van der Waals surface area (Å²) >= 11 is 0. The van der Waals surface area contributed by atoms with Crippen molar-refractivity contribution < 1.29 is 4.21 Å². The molecule has 0 aromatic rings. The van der Waals surface area contributed by atoms with E-state index in [1.54, 1.807) is 0 Å². The quantitative estimate of drug-likeness (QED) is 0.753. The minimum atomic E-state index is -2.25. The lowest BCUT2D eigenvalue weighted by Crippen LogP contribution is -2.16. The van der Waals surface area contributed by atoms with Crippen LogP contribution in [0.1, 0.15) is 6.42 Å². The Hall–Kier alpha value is 0.490. The predicted molar refractivity (Wildman–Crippen MR) is 57.1 cm³/mol. The third kappa shape index (κ3) is 6.06. The van der Waals surface area contributed by atoms with Gasteiger partial charge in [-0.05, 0) is 25.4 Å². The molecule has 2 N–H and O–H groups in total. The standard InChI is InChI=1S/C6H14N2OS.2ClH/c1-10(7,9)5-6-2-3-8-4-6;;/h6-8H,2-5H2,1H3;2*1H. The van der Waals surface area contributed by atoms with Gasteiger partial charge in [-0.25, -0.2) is 0 Å². The van der Waals surface area contributed by atoms with Gasteiger partial charge in [0.05, 0.1) is 0 Å². The fraction of sp³-hybridized carbons (Fsp3) is 1.00. The average molecular weight is 235 g/mol. The number of halogens is 2. The first-order valence-electron chi connectivity index (χ1n) is 3.50. The molecular weight excluding hydrogens is 219 g/mol. The molecule has 0 aromatic carbocycles. The molecule has 1 aliphatic rings. The molecule has 0 amide bonds. The van der Waals surface area contributed by atoms with Crippen LogP contribution in [0.2, 0.25) is 0 Å². The van der Waals surface area contributed by atoms with E-state index in [-0.39, 0.29) is 24.8 Å². The molecule has 0 radical (unpaired) electrons. The Labute approximate surface area is 86.5 Å². The molecule has 12 heavy (non-hydrogen) atoms. The maximum absolute atomic E-state index is 11.0. The fourth-order valence-electron chi connectivity index (χ4n) is 1.31. The lowest BCUT2D eigenvalue weighted by Gasteiger charge is -2.06. The molecule has 2 atom stereocenters. The van der Waals surface area contributed by atoms with Gasteiger partial charge in [-0.15, -0.1) is 24.8 Å². The van der Waals surface area contributed by atoms with E-state index < -0.39 is 9.73 Å².